The molecular formula is C16H23N3O. The zero-order valence-electron chi connectivity index (χ0n) is 12.7. The van der Waals surface area contributed by atoms with E-state index < -0.39 is 0 Å². The van der Waals surface area contributed by atoms with Crippen LogP contribution in [0.4, 0.5) is 0 Å². The number of hydrogen-bond donors (Lipinski definition) is 1. The van der Waals surface area contributed by atoms with E-state index in [1.165, 1.54) is 5.56 Å². The molecule has 2 aromatic rings. The Morgan fingerprint density at radius 3 is 2.45 bits per heavy atom. The number of rotatable bonds is 5. The maximum atomic E-state index is 5.29. The molecule has 0 aliphatic rings. The van der Waals surface area contributed by atoms with Gasteiger partial charge in [0.05, 0.1) is 0 Å². The van der Waals surface area contributed by atoms with Crippen LogP contribution in [-0.4, -0.2) is 22.2 Å². The zero-order chi connectivity index (χ0) is 14.6. The highest BCUT2D eigenvalue weighted by atomic mass is 16.5. The second kappa shape index (κ2) is 6.18. The first-order valence-electron chi connectivity index (χ1n) is 7.15. The Labute approximate surface area is 120 Å². The molecule has 0 spiro atoms. The van der Waals surface area contributed by atoms with Gasteiger partial charge < -0.3 is 9.84 Å². The van der Waals surface area contributed by atoms with Crippen molar-refractivity contribution < 1.29 is 4.52 Å². The molecule has 0 aliphatic carbocycles. The molecule has 1 heterocycles. The van der Waals surface area contributed by atoms with Crippen LogP contribution < -0.4 is 5.32 Å². The number of aryl methyl sites for hydroxylation is 1. The summed E-state index contributed by atoms with van der Waals surface area (Å²) in [5, 5.41) is 7.45. The Morgan fingerprint density at radius 1 is 1.15 bits per heavy atom. The second-order valence-electron chi connectivity index (χ2n) is 5.99. The molecule has 1 N–H and O–H groups in total. The molecule has 0 fully saturated rings. The first kappa shape index (κ1) is 14.7. The van der Waals surface area contributed by atoms with Gasteiger partial charge in [0.2, 0.25) is 11.7 Å². The fraction of sp³-hybridized carbons (Fsp3) is 0.500. The number of nitrogens with zero attached hydrogens (tertiary/aromatic N) is 2. The molecule has 108 valence electrons. The van der Waals surface area contributed by atoms with Crippen LogP contribution in [0.1, 0.15) is 39.1 Å². The van der Waals surface area contributed by atoms with E-state index in [0.29, 0.717) is 11.7 Å². The largest absolute Gasteiger partial charge is 0.339 e. The molecule has 0 unspecified atom stereocenters. The minimum atomic E-state index is 0.110. The van der Waals surface area contributed by atoms with E-state index in [-0.39, 0.29) is 5.54 Å². The highest BCUT2D eigenvalue weighted by Crippen LogP contribution is 2.17. The second-order valence-corrected chi connectivity index (χ2v) is 5.99. The van der Waals surface area contributed by atoms with Crippen molar-refractivity contribution in [1.29, 1.82) is 0 Å². The van der Waals surface area contributed by atoms with Gasteiger partial charge in [-0.3, -0.25) is 0 Å². The van der Waals surface area contributed by atoms with Crippen LogP contribution in [0.15, 0.2) is 28.8 Å². The minimum absolute atomic E-state index is 0.110. The van der Waals surface area contributed by atoms with Crippen molar-refractivity contribution in [3.8, 4) is 11.4 Å². The van der Waals surface area contributed by atoms with E-state index in [1.807, 2.05) is 12.1 Å². The summed E-state index contributed by atoms with van der Waals surface area (Å²) in [6.45, 7) is 9.40. The van der Waals surface area contributed by atoms with Gasteiger partial charge in [-0.2, -0.15) is 4.98 Å². The average Bonchev–Trinajstić information content (AvgIpc) is 2.86. The van der Waals surface area contributed by atoms with Gasteiger partial charge in [-0.05, 0) is 32.8 Å². The van der Waals surface area contributed by atoms with Crippen molar-refractivity contribution in [3.63, 3.8) is 0 Å². The molecule has 0 saturated carbocycles. The SMILES string of the molecule is CCc1ccc(-c2noc(CCNC(C)(C)C)n2)cc1. The first-order chi connectivity index (χ1) is 9.48. The van der Waals surface area contributed by atoms with Gasteiger partial charge in [0.25, 0.3) is 0 Å². The lowest BCUT2D eigenvalue weighted by Gasteiger charge is -2.19. The van der Waals surface area contributed by atoms with Crippen LogP contribution in [0, 0.1) is 0 Å². The van der Waals surface area contributed by atoms with E-state index in [4.69, 9.17) is 4.52 Å². The van der Waals surface area contributed by atoms with Gasteiger partial charge in [0, 0.05) is 24.1 Å². The fourth-order valence-electron chi connectivity index (χ4n) is 1.91. The van der Waals surface area contributed by atoms with Crippen LogP contribution in [0.25, 0.3) is 11.4 Å². The van der Waals surface area contributed by atoms with Gasteiger partial charge in [-0.1, -0.05) is 36.3 Å². The van der Waals surface area contributed by atoms with Crippen LogP contribution in [0.5, 0.6) is 0 Å². The summed E-state index contributed by atoms with van der Waals surface area (Å²) >= 11 is 0. The topological polar surface area (TPSA) is 51.0 Å². The van der Waals surface area contributed by atoms with E-state index in [0.717, 1.165) is 24.9 Å². The van der Waals surface area contributed by atoms with Crippen molar-refractivity contribution in [2.45, 2.75) is 46.1 Å². The minimum Gasteiger partial charge on any atom is -0.339 e. The third kappa shape index (κ3) is 4.17. The Hall–Kier alpha value is -1.68. The van der Waals surface area contributed by atoms with Gasteiger partial charge in [-0.25, -0.2) is 0 Å². The third-order valence-corrected chi connectivity index (χ3v) is 3.08. The molecular weight excluding hydrogens is 250 g/mol. The molecule has 1 aromatic heterocycles. The molecule has 0 saturated heterocycles. The zero-order valence-corrected chi connectivity index (χ0v) is 12.7. The summed E-state index contributed by atoms with van der Waals surface area (Å²) in [6.07, 6.45) is 1.79. The van der Waals surface area contributed by atoms with Crippen molar-refractivity contribution in [1.82, 2.24) is 15.5 Å². The third-order valence-electron chi connectivity index (χ3n) is 3.08. The Balaban J connectivity index is 1.97. The van der Waals surface area contributed by atoms with Crippen LogP contribution in [0.3, 0.4) is 0 Å². The predicted octanol–water partition coefficient (Wildman–Crippen LogP) is 3.23. The Bertz CT molecular complexity index is 538. The maximum Gasteiger partial charge on any atom is 0.228 e. The molecule has 0 aliphatic heterocycles. The summed E-state index contributed by atoms with van der Waals surface area (Å²) in [5.41, 5.74) is 2.42. The summed E-state index contributed by atoms with van der Waals surface area (Å²) < 4.78 is 5.29. The van der Waals surface area contributed by atoms with Crippen molar-refractivity contribution in [3.05, 3.63) is 35.7 Å². The van der Waals surface area contributed by atoms with Crippen molar-refractivity contribution >= 4 is 0 Å². The number of benzene rings is 1. The monoisotopic (exact) mass is 273 g/mol. The predicted molar refractivity (Wildman–Crippen MR) is 80.6 cm³/mol. The fourth-order valence-corrected chi connectivity index (χ4v) is 1.91. The van der Waals surface area contributed by atoms with Gasteiger partial charge in [0.1, 0.15) is 0 Å². The number of hydrogen-bond acceptors (Lipinski definition) is 4. The molecule has 4 heteroatoms. The molecule has 0 radical (unpaired) electrons. The molecule has 0 amide bonds. The van der Waals surface area contributed by atoms with Crippen LogP contribution in [0.2, 0.25) is 0 Å². The van der Waals surface area contributed by atoms with Gasteiger partial charge in [-0.15, -0.1) is 0 Å². The first-order valence-corrected chi connectivity index (χ1v) is 7.15. The number of aromatic nitrogens is 2. The van der Waals surface area contributed by atoms with Crippen LogP contribution >= 0.6 is 0 Å². The molecule has 20 heavy (non-hydrogen) atoms. The van der Waals surface area contributed by atoms with E-state index in [1.54, 1.807) is 0 Å². The Morgan fingerprint density at radius 2 is 1.85 bits per heavy atom. The van der Waals surface area contributed by atoms with Gasteiger partial charge >= 0.3 is 0 Å². The quantitative estimate of drug-likeness (QED) is 0.908. The molecule has 0 bridgehead atoms. The Kier molecular flexibility index (Phi) is 4.55. The van der Waals surface area contributed by atoms with Crippen molar-refractivity contribution in [2.24, 2.45) is 0 Å². The van der Waals surface area contributed by atoms with Gasteiger partial charge in [0.15, 0.2) is 0 Å². The average molecular weight is 273 g/mol. The summed E-state index contributed by atoms with van der Waals surface area (Å²) in [5.74, 6) is 1.34. The number of nitrogens with one attached hydrogen (secondary N) is 1. The molecule has 2 rings (SSSR count). The molecule has 1 aromatic carbocycles. The summed E-state index contributed by atoms with van der Waals surface area (Å²) in [6, 6.07) is 8.29. The van der Waals surface area contributed by atoms with E-state index in [9.17, 15) is 0 Å². The highest BCUT2D eigenvalue weighted by molar-refractivity contribution is 5.54. The lowest BCUT2D eigenvalue weighted by molar-refractivity contribution is 0.362. The van der Waals surface area contributed by atoms with E-state index >= 15 is 0 Å². The summed E-state index contributed by atoms with van der Waals surface area (Å²) in [4.78, 5) is 4.44. The maximum absolute atomic E-state index is 5.29. The highest BCUT2D eigenvalue weighted by Gasteiger charge is 2.11. The van der Waals surface area contributed by atoms with Crippen molar-refractivity contribution in [2.75, 3.05) is 6.54 Å². The smallest absolute Gasteiger partial charge is 0.228 e. The van der Waals surface area contributed by atoms with E-state index in [2.05, 4.69) is 55.3 Å². The normalized spacial score (nSPS) is 11.8. The summed E-state index contributed by atoms with van der Waals surface area (Å²) in [7, 11) is 0. The lowest BCUT2D eigenvalue weighted by atomic mass is 10.1. The molecule has 4 nitrogen and oxygen atoms in total. The lowest BCUT2D eigenvalue weighted by Crippen LogP contribution is -2.37. The van der Waals surface area contributed by atoms with Crippen LogP contribution in [-0.2, 0) is 12.8 Å². The standard InChI is InChI=1S/C16H23N3O/c1-5-12-6-8-13(9-7-12)15-18-14(20-19-15)10-11-17-16(2,3)4/h6-9,17H,5,10-11H2,1-4H3. The molecule has 0 atom stereocenters.